The van der Waals surface area contributed by atoms with E-state index in [4.69, 9.17) is 5.26 Å². The number of carbonyl (C=O) groups is 2. The summed E-state index contributed by atoms with van der Waals surface area (Å²) >= 11 is 0. The van der Waals surface area contributed by atoms with Gasteiger partial charge >= 0.3 is 6.03 Å². The van der Waals surface area contributed by atoms with Gasteiger partial charge in [0.15, 0.2) is 12.0 Å². The van der Waals surface area contributed by atoms with E-state index in [9.17, 15) is 14.9 Å². The summed E-state index contributed by atoms with van der Waals surface area (Å²) in [5, 5.41) is 28.7. The Morgan fingerprint density at radius 3 is 2.77 bits per heavy atom. The van der Waals surface area contributed by atoms with Gasteiger partial charge in [-0.05, 0) is 36.5 Å². The van der Waals surface area contributed by atoms with Crippen molar-refractivity contribution in [3.8, 4) is 24.0 Å². The monoisotopic (exact) mass is 413 g/mol. The van der Waals surface area contributed by atoms with Gasteiger partial charge in [-0.3, -0.25) is 9.79 Å². The number of urea groups is 1. The number of aldehydes is 1. The third-order valence-electron chi connectivity index (χ3n) is 4.92. The molecule has 1 fully saturated rings. The fourth-order valence-corrected chi connectivity index (χ4v) is 3.07. The van der Waals surface area contributed by atoms with Crippen molar-refractivity contribution in [2.75, 3.05) is 14.1 Å². The number of nitriles is 2. The van der Waals surface area contributed by atoms with Crippen LogP contribution in [0.15, 0.2) is 29.0 Å². The number of carbonyl (C=O) groups excluding carboxylic acids is 2. The SMILES string of the molecule is CNC(=O)N(C)/C=C(\C=O)c1cc(C2CC2C#CC2=CCC(C#N)C=N2)c(C#N)nn1. The minimum absolute atomic E-state index is 0.000925. The van der Waals surface area contributed by atoms with E-state index >= 15 is 0 Å². The second-order valence-electron chi connectivity index (χ2n) is 7.07. The molecule has 1 aliphatic carbocycles. The number of nitrogens with zero attached hydrogens (tertiary/aromatic N) is 6. The Morgan fingerprint density at radius 1 is 1.35 bits per heavy atom. The average molecular weight is 413 g/mol. The van der Waals surface area contributed by atoms with Crippen LogP contribution in [0.5, 0.6) is 0 Å². The van der Waals surface area contributed by atoms with Crippen LogP contribution in [0.4, 0.5) is 4.79 Å². The highest BCUT2D eigenvalue weighted by Crippen LogP contribution is 2.48. The van der Waals surface area contributed by atoms with Crippen molar-refractivity contribution >= 4 is 24.1 Å². The van der Waals surface area contributed by atoms with Crippen molar-refractivity contribution in [3.05, 3.63) is 41.0 Å². The first-order valence-corrected chi connectivity index (χ1v) is 9.55. The van der Waals surface area contributed by atoms with Crippen LogP contribution in [-0.4, -0.2) is 47.7 Å². The number of hydrogen-bond acceptors (Lipinski definition) is 7. The lowest BCUT2D eigenvalue weighted by Gasteiger charge is -2.12. The van der Waals surface area contributed by atoms with Gasteiger partial charge in [-0.15, -0.1) is 10.2 Å². The van der Waals surface area contributed by atoms with Crippen molar-refractivity contribution in [1.82, 2.24) is 20.4 Å². The molecule has 0 aromatic carbocycles. The van der Waals surface area contributed by atoms with Crippen LogP contribution in [0.2, 0.25) is 0 Å². The number of hydrogen-bond donors (Lipinski definition) is 1. The molecule has 3 atom stereocenters. The molecule has 2 aliphatic rings. The van der Waals surface area contributed by atoms with Crippen molar-refractivity contribution in [2.45, 2.75) is 18.8 Å². The second kappa shape index (κ2) is 9.47. The molecule has 3 unspecified atom stereocenters. The summed E-state index contributed by atoms with van der Waals surface area (Å²) in [5.41, 5.74) is 1.94. The van der Waals surface area contributed by atoms with E-state index in [-0.39, 0.29) is 40.7 Å². The van der Waals surface area contributed by atoms with E-state index in [1.54, 1.807) is 12.3 Å². The summed E-state index contributed by atoms with van der Waals surface area (Å²) in [6.07, 6.45) is 6.74. The summed E-state index contributed by atoms with van der Waals surface area (Å²) < 4.78 is 0. The Kier molecular flexibility index (Phi) is 6.54. The number of rotatable bonds is 4. The van der Waals surface area contributed by atoms with E-state index in [1.165, 1.54) is 25.2 Å². The fraction of sp³-hybridized carbons (Fsp3) is 0.318. The molecule has 154 valence electrons. The topological polar surface area (TPSA) is 135 Å². The Labute approximate surface area is 179 Å². The van der Waals surface area contributed by atoms with Crippen molar-refractivity contribution < 1.29 is 9.59 Å². The van der Waals surface area contributed by atoms with Crippen LogP contribution in [-0.2, 0) is 4.79 Å². The van der Waals surface area contributed by atoms with Crippen LogP contribution >= 0.6 is 0 Å². The molecule has 1 aromatic heterocycles. The highest BCUT2D eigenvalue weighted by atomic mass is 16.2. The quantitative estimate of drug-likeness (QED) is 0.454. The maximum Gasteiger partial charge on any atom is 0.320 e. The Morgan fingerprint density at radius 2 is 2.16 bits per heavy atom. The summed E-state index contributed by atoms with van der Waals surface area (Å²) in [6, 6.07) is 5.45. The smallest absolute Gasteiger partial charge is 0.320 e. The zero-order valence-electron chi connectivity index (χ0n) is 17.0. The van der Waals surface area contributed by atoms with Crippen LogP contribution in [0.1, 0.15) is 35.7 Å². The molecule has 0 saturated heterocycles. The number of aromatic nitrogens is 2. The van der Waals surface area contributed by atoms with Crippen LogP contribution in [0.3, 0.4) is 0 Å². The third kappa shape index (κ3) is 5.01. The zero-order chi connectivity index (χ0) is 22.4. The molecule has 0 spiro atoms. The summed E-state index contributed by atoms with van der Waals surface area (Å²) in [7, 11) is 2.99. The lowest BCUT2D eigenvalue weighted by Crippen LogP contribution is -2.31. The molecule has 3 rings (SSSR count). The van der Waals surface area contributed by atoms with Crippen molar-refractivity contribution in [1.29, 1.82) is 10.5 Å². The predicted molar refractivity (Wildman–Crippen MR) is 112 cm³/mol. The van der Waals surface area contributed by atoms with E-state index in [2.05, 4.69) is 38.4 Å². The molecule has 2 heterocycles. The van der Waals surface area contributed by atoms with Crippen LogP contribution in [0, 0.1) is 46.3 Å². The molecule has 9 nitrogen and oxygen atoms in total. The fourth-order valence-electron chi connectivity index (χ4n) is 3.07. The van der Waals surface area contributed by atoms with Gasteiger partial charge in [0, 0.05) is 38.3 Å². The molecule has 1 aromatic rings. The van der Waals surface area contributed by atoms with E-state index in [0.717, 1.165) is 6.42 Å². The molecule has 2 amide bonds. The molecule has 0 radical (unpaired) electrons. The van der Waals surface area contributed by atoms with E-state index < -0.39 is 0 Å². The third-order valence-corrected chi connectivity index (χ3v) is 4.92. The standard InChI is InChI=1S/C22H19N7O2/c1-25-22(31)29(2)12-16(13-30)20-8-19(21(10-24)28-27-20)18-7-15(18)4-6-17-5-3-14(9-23)11-26-17/h5,8,11-15,18H,3,7H2,1-2H3,(H,25,31)/b16-12+. The molecule has 1 N–H and O–H groups in total. The maximum atomic E-state index is 11.7. The van der Waals surface area contributed by atoms with Gasteiger partial charge < -0.3 is 10.2 Å². The van der Waals surface area contributed by atoms with Gasteiger partial charge in [0.25, 0.3) is 0 Å². The maximum absolute atomic E-state index is 11.7. The lowest BCUT2D eigenvalue weighted by molar-refractivity contribution is -0.103. The largest absolute Gasteiger partial charge is 0.341 e. The Bertz CT molecular complexity index is 1140. The van der Waals surface area contributed by atoms with Gasteiger partial charge in [-0.2, -0.15) is 10.5 Å². The zero-order valence-corrected chi connectivity index (χ0v) is 17.0. The molecule has 9 heteroatoms. The van der Waals surface area contributed by atoms with Gasteiger partial charge in [-0.1, -0.05) is 5.92 Å². The lowest BCUT2D eigenvalue weighted by atomic mass is 10.0. The van der Waals surface area contributed by atoms with Crippen LogP contribution < -0.4 is 5.32 Å². The first-order chi connectivity index (χ1) is 15.0. The average Bonchev–Trinajstić information content (AvgIpc) is 3.59. The Hall–Kier alpha value is -4.29. The minimum Gasteiger partial charge on any atom is -0.341 e. The predicted octanol–water partition coefficient (Wildman–Crippen LogP) is 1.76. The number of nitrogens with one attached hydrogen (secondary N) is 1. The van der Waals surface area contributed by atoms with Gasteiger partial charge in [0.1, 0.15) is 11.8 Å². The van der Waals surface area contributed by atoms with Gasteiger partial charge in [0.2, 0.25) is 0 Å². The number of aliphatic imine (C=N–C) groups is 1. The van der Waals surface area contributed by atoms with Gasteiger partial charge in [0.05, 0.1) is 23.3 Å². The summed E-state index contributed by atoms with van der Waals surface area (Å²) in [4.78, 5) is 28.7. The normalized spacial score (nSPS) is 21.5. The molecule has 1 saturated carbocycles. The first kappa shape index (κ1) is 21.4. The first-order valence-electron chi connectivity index (χ1n) is 9.55. The Balaban J connectivity index is 1.80. The van der Waals surface area contributed by atoms with E-state index in [1.807, 2.05) is 12.1 Å². The molecule has 0 bridgehead atoms. The molecular weight excluding hydrogens is 394 g/mol. The highest BCUT2D eigenvalue weighted by molar-refractivity contribution is 6.06. The van der Waals surface area contributed by atoms with E-state index in [0.29, 0.717) is 24.0 Å². The van der Waals surface area contributed by atoms with Crippen LogP contribution in [0.25, 0.3) is 5.57 Å². The number of amides is 2. The minimum atomic E-state index is -0.389. The second-order valence-corrected chi connectivity index (χ2v) is 7.07. The highest BCUT2D eigenvalue weighted by Gasteiger charge is 2.39. The molecule has 31 heavy (non-hydrogen) atoms. The summed E-state index contributed by atoms with van der Waals surface area (Å²) in [5.74, 6) is 6.01. The molecule has 1 aliphatic heterocycles. The van der Waals surface area contributed by atoms with Crippen molar-refractivity contribution in [2.24, 2.45) is 16.8 Å². The van der Waals surface area contributed by atoms with Crippen molar-refractivity contribution in [3.63, 3.8) is 0 Å². The van der Waals surface area contributed by atoms with Gasteiger partial charge in [-0.25, -0.2) is 4.79 Å². The summed E-state index contributed by atoms with van der Waals surface area (Å²) in [6.45, 7) is 0. The molecular formula is C22H19N7O2. The number of allylic oxidation sites excluding steroid dienone is 3.